The van der Waals surface area contributed by atoms with Crippen LogP contribution in [0.1, 0.15) is 10.4 Å². The molecule has 86 valence electrons. The Morgan fingerprint density at radius 1 is 1.69 bits per heavy atom. The van der Waals surface area contributed by atoms with E-state index in [1.165, 1.54) is 0 Å². The van der Waals surface area contributed by atoms with Crippen molar-refractivity contribution in [2.24, 2.45) is 0 Å². The molecule has 6 nitrogen and oxygen atoms in total. The Kier molecular flexibility index (Phi) is 3.28. The third-order valence-electron chi connectivity index (χ3n) is 1.77. The molecule has 1 rings (SSSR count). The summed E-state index contributed by atoms with van der Waals surface area (Å²) in [5, 5.41) is 18.4. The Balaban J connectivity index is 3.62. The second-order valence-electron chi connectivity index (χ2n) is 2.67. The van der Waals surface area contributed by atoms with Crippen molar-refractivity contribution in [2.75, 3.05) is 7.11 Å². The van der Waals surface area contributed by atoms with Crippen LogP contribution in [-0.4, -0.2) is 23.1 Å². The highest BCUT2D eigenvalue weighted by molar-refractivity contribution is 6.33. The predicted octanol–water partition coefficient (Wildman–Crippen LogP) is 2.09. The first kappa shape index (κ1) is 12.2. The number of aromatic carboxylic acids is 1. The maximum Gasteiger partial charge on any atom is 0.339 e. The molecular formula is C8H5ClFNO5. The van der Waals surface area contributed by atoms with Crippen molar-refractivity contribution in [2.45, 2.75) is 0 Å². The molecule has 0 aliphatic heterocycles. The first-order valence-corrected chi connectivity index (χ1v) is 4.21. The summed E-state index contributed by atoms with van der Waals surface area (Å²) in [6.07, 6.45) is 0. The monoisotopic (exact) mass is 249 g/mol. The number of rotatable bonds is 3. The van der Waals surface area contributed by atoms with Gasteiger partial charge in [-0.25, -0.2) is 9.18 Å². The molecule has 0 heterocycles. The minimum Gasteiger partial charge on any atom is -0.493 e. The van der Waals surface area contributed by atoms with Gasteiger partial charge in [0.2, 0.25) is 0 Å². The fourth-order valence-electron chi connectivity index (χ4n) is 1.09. The number of carbonyl (C=O) groups is 1. The molecule has 0 aliphatic carbocycles. The van der Waals surface area contributed by atoms with Gasteiger partial charge in [-0.2, -0.15) is 0 Å². The van der Waals surface area contributed by atoms with Crippen LogP contribution in [0.5, 0.6) is 5.75 Å². The third kappa shape index (κ3) is 1.89. The summed E-state index contributed by atoms with van der Waals surface area (Å²) >= 11 is 5.36. The van der Waals surface area contributed by atoms with E-state index in [4.69, 9.17) is 16.7 Å². The SMILES string of the molecule is COc1c(C(=O)O)cc([N+](=O)[O-])c(Cl)c1F. The maximum atomic E-state index is 13.4. The molecule has 1 aromatic rings. The predicted molar refractivity (Wildman–Crippen MR) is 51.6 cm³/mol. The zero-order valence-electron chi connectivity index (χ0n) is 7.86. The van der Waals surface area contributed by atoms with Crippen molar-refractivity contribution in [1.82, 2.24) is 0 Å². The van der Waals surface area contributed by atoms with E-state index in [1.54, 1.807) is 0 Å². The maximum absolute atomic E-state index is 13.4. The molecule has 0 amide bonds. The summed E-state index contributed by atoms with van der Waals surface area (Å²) in [6.45, 7) is 0. The van der Waals surface area contributed by atoms with Gasteiger partial charge in [0.05, 0.1) is 12.0 Å². The Bertz CT molecular complexity index is 476. The van der Waals surface area contributed by atoms with Gasteiger partial charge in [0.1, 0.15) is 5.56 Å². The highest BCUT2D eigenvalue weighted by Gasteiger charge is 2.27. The summed E-state index contributed by atoms with van der Waals surface area (Å²) in [5.41, 5.74) is -1.48. The summed E-state index contributed by atoms with van der Waals surface area (Å²) in [7, 11) is 1.03. The van der Waals surface area contributed by atoms with Crippen LogP contribution in [0, 0.1) is 15.9 Å². The Labute approximate surface area is 93.4 Å². The van der Waals surface area contributed by atoms with Crippen molar-refractivity contribution < 1.29 is 24.0 Å². The molecule has 0 radical (unpaired) electrons. The zero-order valence-corrected chi connectivity index (χ0v) is 8.62. The van der Waals surface area contributed by atoms with Crippen molar-refractivity contribution in [3.05, 3.63) is 32.6 Å². The molecule has 0 aromatic heterocycles. The lowest BCUT2D eigenvalue weighted by Gasteiger charge is -2.07. The third-order valence-corrected chi connectivity index (χ3v) is 2.13. The summed E-state index contributed by atoms with van der Waals surface area (Å²) in [4.78, 5) is 20.2. The topological polar surface area (TPSA) is 89.7 Å². The van der Waals surface area contributed by atoms with Gasteiger partial charge in [0, 0.05) is 6.07 Å². The van der Waals surface area contributed by atoms with Crippen LogP contribution in [0.3, 0.4) is 0 Å². The number of nitro benzene ring substituents is 1. The van der Waals surface area contributed by atoms with Crippen LogP contribution < -0.4 is 4.74 Å². The molecule has 0 aliphatic rings. The van der Waals surface area contributed by atoms with E-state index in [0.29, 0.717) is 6.07 Å². The number of carboxylic acid groups (broad SMARTS) is 1. The fraction of sp³-hybridized carbons (Fsp3) is 0.125. The molecule has 1 N–H and O–H groups in total. The number of hydrogen-bond donors (Lipinski definition) is 1. The smallest absolute Gasteiger partial charge is 0.339 e. The Morgan fingerprint density at radius 2 is 2.25 bits per heavy atom. The quantitative estimate of drug-likeness (QED) is 0.654. The lowest BCUT2D eigenvalue weighted by molar-refractivity contribution is -0.384. The molecule has 1 aromatic carbocycles. The number of halogens is 2. The summed E-state index contributed by atoms with van der Waals surface area (Å²) in [6, 6.07) is 0.645. The normalized spacial score (nSPS) is 9.94. The van der Waals surface area contributed by atoms with E-state index >= 15 is 0 Å². The van der Waals surface area contributed by atoms with Crippen LogP contribution >= 0.6 is 11.6 Å². The van der Waals surface area contributed by atoms with E-state index in [9.17, 15) is 19.3 Å². The van der Waals surface area contributed by atoms with Gasteiger partial charge in [0.25, 0.3) is 5.69 Å². The van der Waals surface area contributed by atoms with Gasteiger partial charge >= 0.3 is 5.97 Å². The highest BCUT2D eigenvalue weighted by Crippen LogP contribution is 2.36. The summed E-state index contributed by atoms with van der Waals surface area (Å²) < 4.78 is 17.9. The first-order valence-electron chi connectivity index (χ1n) is 3.83. The van der Waals surface area contributed by atoms with E-state index < -0.39 is 38.7 Å². The van der Waals surface area contributed by atoms with Crippen LogP contribution in [0.2, 0.25) is 5.02 Å². The number of benzene rings is 1. The Morgan fingerprint density at radius 3 is 2.62 bits per heavy atom. The Hall–Kier alpha value is -1.89. The molecule has 0 spiro atoms. The number of nitrogens with zero attached hydrogens (tertiary/aromatic N) is 1. The molecule has 0 bridgehead atoms. The van der Waals surface area contributed by atoms with Crippen LogP contribution in [0.25, 0.3) is 0 Å². The van der Waals surface area contributed by atoms with E-state index in [1.807, 2.05) is 0 Å². The lowest BCUT2D eigenvalue weighted by Crippen LogP contribution is -2.05. The van der Waals surface area contributed by atoms with E-state index in [-0.39, 0.29) is 0 Å². The van der Waals surface area contributed by atoms with Gasteiger partial charge in [0.15, 0.2) is 16.6 Å². The molecule has 0 atom stereocenters. The minimum atomic E-state index is -1.55. The largest absolute Gasteiger partial charge is 0.493 e. The highest BCUT2D eigenvalue weighted by atomic mass is 35.5. The van der Waals surface area contributed by atoms with Gasteiger partial charge in [-0.15, -0.1) is 0 Å². The average Bonchev–Trinajstić information content (AvgIpc) is 2.20. The van der Waals surface area contributed by atoms with Crippen LogP contribution in [0.4, 0.5) is 10.1 Å². The molecule has 0 saturated heterocycles. The molecule has 0 unspecified atom stereocenters. The van der Waals surface area contributed by atoms with Gasteiger partial charge in [-0.05, 0) is 0 Å². The van der Waals surface area contributed by atoms with Crippen molar-refractivity contribution >= 4 is 23.3 Å². The first-order chi connectivity index (χ1) is 7.40. The zero-order chi connectivity index (χ0) is 12.5. The van der Waals surface area contributed by atoms with Gasteiger partial charge in [-0.1, -0.05) is 11.6 Å². The minimum absolute atomic E-state index is 0.636. The van der Waals surface area contributed by atoms with Crippen molar-refractivity contribution in [1.29, 1.82) is 0 Å². The van der Waals surface area contributed by atoms with E-state index in [2.05, 4.69) is 4.74 Å². The molecule has 0 fully saturated rings. The van der Waals surface area contributed by atoms with Crippen LogP contribution in [-0.2, 0) is 0 Å². The number of methoxy groups -OCH3 is 1. The molecule has 16 heavy (non-hydrogen) atoms. The number of hydrogen-bond acceptors (Lipinski definition) is 4. The van der Waals surface area contributed by atoms with Crippen molar-refractivity contribution in [3.8, 4) is 5.75 Å². The molecule has 0 saturated carbocycles. The van der Waals surface area contributed by atoms with Gasteiger partial charge < -0.3 is 9.84 Å². The van der Waals surface area contributed by atoms with E-state index in [0.717, 1.165) is 7.11 Å². The summed E-state index contributed by atoms with van der Waals surface area (Å²) in [5.74, 6) is -3.45. The number of carboxylic acids is 1. The second kappa shape index (κ2) is 4.31. The van der Waals surface area contributed by atoms with Gasteiger partial charge in [-0.3, -0.25) is 10.1 Å². The molecular weight excluding hydrogens is 245 g/mol. The lowest BCUT2D eigenvalue weighted by atomic mass is 10.1. The fourth-order valence-corrected chi connectivity index (χ4v) is 1.30. The standard InChI is InChI=1S/C8H5ClFNO5/c1-16-7-3(8(12)13)2-4(11(14)15)5(9)6(7)10/h2H,1H3,(H,12,13). The number of nitro groups is 1. The second-order valence-corrected chi connectivity index (χ2v) is 3.04. The van der Waals surface area contributed by atoms with Crippen LogP contribution in [0.15, 0.2) is 6.07 Å². The molecule has 8 heteroatoms. The van der Waals surface area contributed by atoms with Crippen molar-refractivity contribution in [3.63, 3.8) is 0 Å². The number of ether oxygens (including phenoxy) is 1. The average molecular weight is 250 g/mol.